The van der Waals surface area contributed by atoms with Crippen LogP contribution in [-0.4, -0.2) is 24.7 Å². The normalized spacial score (nSPS) is 22.3. The summed E-state index contributed by atoms with van der Waals surface area (Å²) >= 11 is 0. The molecule has 2 atom stereocenters. The Bertz CT molecular complexity index is 638. The summed E-state index contributed by atoms with van der Waals surface area (Å²) in [5.41, 5.74) is 1.85. The standard InChI is InChI=1S/C15H17FN2O2/c1-9-11-4-2-3-5-13(11)20-14(9)8-18-15(19)12-6-10(16)7-17-12/h2-5,10,12,17H,6-8H2,1H3,(H,18,19)/t10-,12+/m0/s1. The van der Waals surface area contributed by atoms with Crippen LogP contribution in [0.3, 0.4) is 0 Å². The number of para-hydroxylation sites is 1. The van der Waals surface area contributed by atoms with E-state index in [1.807, 2.05) is 31.2 Å². The molecule has 1 fully saturated rings. The van der Waals surface area contributed by atoms with Crippen molar-refractivity contribution in [3.8, 4) is 0 Å². The van der Waals surface area contributed by atoms with Crippen molar-refractivity contribution >= 4 is 16.9 Å². The first-order valence-corrected chi connectivity index (χ1v) is 6.77. The maximum Gasteiger partial charge on any atom is 0.237 e. The zero-order valence-corrected chi connectivity index (χ0v) is 11.3. The third-order valence-corrected chi connectivity index (χ3v) is 3.76. The Kier molecular flexibility index (Phi) is 3.44. The largest absolute Gasteiger partial charge is 0.459 e. The van der Waals surface area contributed by atoms with Crippen molar-refractivity contribution in [1.82, 2.24) is 10.6 Å². The number of amides is 1. The molecule has 1 aliphatic rings. The lowest BCUT2D eigenvalue weighted by Gasteiger charge is -2.10. The van der Waals surface area contributed by atoms with Gasteiger partial charge in [0.25, 0.3) is 0 Å². The van der Waals surface area contributed by atoms with Gasteiger partial charge in [0.15, 0.2) is 0 Å². The van der Waals surface area contributed by atoms with Gasteiger partial charge in [0, 0.05) is 23.9 Å². The third kappa shape index (κ3) is 2.41. The summed E-state index contributed by atoms with van der Waals surface area (Å²) < 4.78 is 18.8. The van der Waals surface area contributed by atoms with Crippen LogP contribution in [0.1, 0.15) is 17.7 Å². The van der Waals surface area contributed by atoms with E-state index < -0.39 is 12.2 Å². The molecule has 0 unspecified atom stereocenters. The lowest BCUT2D eigenvalue weighted by Crippen LogP contribution is -2.40. The van der Waals surface area contributed by atoms with Crippen LogP contribution < -0.4 is 10.6 Å². The fraction of sp³-hybridized carbons (Fsp3) is 0.400. The maximum atomic E-state index is 13.0. The van der Waals surface area contributed by atoms with E-state index in [1.54, 1.807) is 0 Å². The van der Waals surface area contributed by atoms with Crippen molar-refractivity contribution in [1.29, 1.82) is 0 Å². The van der Waals surface area contributed by atoms with Crippen molar-refractivity contribution in [2.45, 2.75) is 32.1 Å². The molecule has 0 saturated carbocycles. The number of fused-ring (bicyclic) bond motifs is 1. The number of halogens is 1. The van der Waals surface area contributed by atoms with Gasteiger partial charge in [0.2, 0.25) is 5.91 Å². The van der Waals surface area contributed by atoms with Gasteiger partial charge >= 0.3 is 0 Å². The number of hydrogen-bond donors (Lipinski definition) is 2. The van der Waals surface area contributed by atoms with Crippen molar-refractivity contribution in [2.75, 3.05) is 6.54 Å². The van der Waals surface area contributed by atoms with Gasteiger partial charge in [-0.2, -0.15) is 0 Å². The minimum Gasteiger partial charge on any atom is -0.459 e. The molecule has 0 aliphatic carbocycles. The summed E-state index contributed by atoms with van der Waals surface area (Å²) in [6, 6.07) is 7.33. The minimum atomic E-state index is -0.932. The number of rotatable bonds is 3. The van der Waals surface area contributed by atoms with Crippen LogP contribution in [0.5, 0.6) is 0 Å². The highest BCUT2D eigenvalue weighted by Crippen LogP contribution is 2.24. The highest BCUT2D eigenvalue weighted by Gasteiger charge is 2.29. The first-order valence-electron chi connectivity index (χ1n) is 6.77. The van der Waals surface area contributed by atoms with Gasteiger partial charge in [0.1, 0.15) is 17.5 Å². The zero-order chi connectivity index (χ0) is 14.1. The molecule has 106 valence electrons. The Balaban J connectivity index is 1.68. The number of furan rings is 1. The number of aryl methyl sites for hydroxylation is 1. The summed E-state index contributed by atoms with van der Waals surface area (Å²) in [5.74, 6) is 0.569. The second-order valence-corrected chi connectivity index (χ2v) is 5.16. The first kappa shape index (κ1) is 13.1. The Hall–Kier alpha value is -1.88. The van der Waals surface area contributed by atoms with Crippen molar-refractivity contribution in [3.63, 3.8) is 0 Å². The summed E-state index contributed by atoms with van der Waals surface area (Å²) in [7, 11) is 0. The molecule has 2 heterocycles. The van der Waals surface area contributed by atoms with E-state index >= 15 is 0 Å². The van der Waals surface area contributed by atoms with Crippen LogP contribution in [0, 0.1) is 6.92 Å². The smallest absolute Gasteiger partial charge is 0.237 e. The maximum absolute atomic E-state index is 13.0. The molecule has 0 spiro atoms. The molecule has 2 N–H and O–H groups in total. The Morgan fingerprint density at radius 1 is 1.50 bits per heavy atom. The quantitative estimate of drug-likeness (QED) is 0.902. The molecule has 5 heteroatoms. The van der Waals surface area contributed by atoms with Gasteiger partial charge in [-0.1, -0.05) is 18.2 Å². The fourth-order valence-electron chi connectivity index (χ4n) is 2.58. The second kappa shape index (κ2) is 5.25. The molecular formula is C15H17FN2O2. The summed E-state index contributed by atoms with van der Waals surface area (Å²) in [4.78, 5) is 11.9. The van der Waals surface area contributed by atoms with Gasteiger partial charge in [0.05, 0.1) is 12.6 Å². The van der Waals surface area contributed by atoms with Crippen LogP contribution >= 0.6 is 0 Å². The van der Waals surface area contributed by atoms with Gasteiger partial charge in [-0.3, -0.25) is 4.79 Å². The molecule has 1 aromatic carbocycles. The van der Waals surface area contributed by atoms with Crippen molar-refractivity contribution in [3.05, 3.63) is 35.6 Å². The monoisotopic (exact) mass is 276 g/mol. The third-order valence-electron chi connectivity index (χ3n) is 3.76. The fourth-order valence-corrected chi connectivity index (χ4v) is 2.58. The van der Waals surface area contributed by atoms with Crippen LogP contribution in [0.25, 0.3) is 11.0 Å². The average Bonchev–Trinajstić information content (AvgIpc) is 3.01. The van der Waals surface area contributed by atoms with Crippen LogP contribution in [0.4, 0.5) is 4.39 Å². The molecule has 1 aromatic heterocycles. The van der Waals surface area contributed by atoms with Gasteiger partial charge < -0.3 is 15.1 Å². The molecule has 4 nitrogen and oxygen atoms in total. The van der Waals surface area contributed by atoms with E-state index in [0.29, 0.717) is 6.54 Å². The lowest BCUT2D eigenvalue weighted by molar-refractivity contribution is -0.123. The first-order chi connectivity index (χ1) is 9.65. The van der Waals surface area contributed by atoms with E-state index in [9.17, 15) is 9.18 Å². The SMILES string of the molecule is Cc1c(CNC(=O)[C@H]2C[C@H](F)CN2)oc2ccccc12. The summed E-state index contributed by atoms with van der Waals surface area (Å²) in [5, 5.41) is 6.72. The molecular weight excluding hydrogens is 259 g/mol. The van der Waals surface area contributed by atoms with E-state index in [0.717, 1.165) is 22.3 Å². The van der Waals surface area contributed by atoms with Crippen molar-refractivity contribution in [2.24, 2.45) is 0 Å². The Morgan fingerprint density at radius 2 is 2.30 bits per heavy atom. The van der Waals surface area contributed by atoms with Gasteiger partial charge in [-0.25, -0.2) is 4.39 Å². The topological polar surface area (TPSA) is 54.3 Å². The molecule has 1 saturated heterocycles. The molecule has 3 rings (SSSR count). The number of carbonyl (C=O) groups is 1. The number of hydrogen-bond acceptors (Lipinski definition) is 3. The number of benzene rings is 1. The molecule has 0 bridgehead atoms. The Labute approximate surface area is 116 Å². The van der Waals surface area contributed by atoms with Gasteiger partial charge in [-0.15, -0.1) is 0 Å². The van der Waals surface area contributed by atoms with Crippen LogP contribution in [0.15, 0.2) is 28.7 Å². The van der Waals surface area contributed by atoms with E-state index in [1.165, 1.54) is 0 Å². The molecule has 2 aromatic rings. The highest BCUT2D eigenvalue weighted by molar-refractivity contribution is 5.83. The van der Waals surface area contributed by atoms with Crippen LogP contribution in [-0.2, 0) is 11.3 Å². The number of nitrogens with one attached hydrogen (secondary N) is 2. The minimum absolute atomic E-state index is 0.176. The second-order valence-electron chi connectivity index (χ2n) is 5.16. The van der Waals surface area contributed by atoms with E-state index in [4.69, 9.17) is 4.42 Å². The molecule has 1 aliphatic heterocycles. The zero-order valence-electron chi connectivity index (χ0n) is 11.3. The van der Waals surface area contributed by atoms with Crippen molar-refractivity contribution < 1.29 is 13.6 Å². The summed E-state index contributed by atoms with van der Waals surface area (Å²) in [6.07, 6.45) is -0.691. The average molecular weight is 276 g/mol. The van der Waals surface area contributed by atoms with E-state index in [2.05, 4.69) is 10.6 Å². The predicted molar refractivity (Wildman–Crippen MR) is 74.1 cm³/mol. The summed E-state index contributed by atoms with van der Waals surface area (Å²) in [6.45, 7) is 2.55. The molecule has 0 radical (unpaired) electrons. The molecule has 1 amide bonds. The Morgan fingerprint density at radius 3 is 3.00 bits per heavy atom. The number of alkyl halides is 1. The van der Waals surface area contributed by atoms with Gasteiger partial charge in [-0.05, 0) is 13.0 Å². The highest BCUT2D eigenvalue weighted by atomic mass is 19.1. The number of carbonyl (C=O) groups excluding carboxylic acids is 1. The van der Waals surface area contributed by atoms with Crippen LogP contribution in [0.2, 0.25) is 0 Å². The predicted octanol–water partition coefficient (Wildman–Crippen LogP) is 2.06. The molecule has 20 heavy (non-hydrogen) atoms. The lowest BCUT2D eigenvalue weighted by atomic mass is 10.1. The van der Waals surface area contributed by atoms with E-state index in [-0.39, 0.29) is 18.9 Å².